The fraction of sp³-hybridized carbons (Fsp3) is 0.261. The Bertz CT molecular complexity index is 1560. The molecule has 0 saturated heterocycles. The zero-order valence-electron chi connectivity index (χ0n) is 18.8. The summed E-state index contributed by atoms with van der Waals surface area (Å²) in [5, 5.41) is 10.4. The van der Waals surface area contributed by atoms with Gasteiger partial charge in [-0.05, 0) is 37.1 Å². The number of anilines is 1. The quantitative estimate of drug-likeness (QED) is 0.343. The second-order valence-corrected chi connectivity index (χ2v) is 8.35. The molecule has 35 heavy (non-hydrogen) atoms. The van der Waals surface area contributed by atoms with Gasteiger partial charge in [0.1, 0.15) is 5.82 Å². The van der Waals surface area contributed by atoms with Crippen LogP contribution in [-0.2, 0) is 6.54 Å². The van der Waals surface area contributed by atoms with Crippen LogP contribution in [0.4, 0.5) is 14.6 Å². The van der Waals surface area contributed by atoms with E-state index >= 15 is 0 Å². The summed E-state index contributed by atoms with van der Waals surface area (Å²) in [7, 11) is 0. The standard InChI is InChI=1S/C23H22F2N10/c1-13-2-7-27-20-19(13)32-18(33-20)10-28-21-22-29-9-17(15-8-30-35(11-15)23(24)25)34(22)12-16(31-21)14-3-5-26-6-4-14/h2-3,7-9,11-12,23,26H,4-6,10H2,1H3,(H,28,31)(H,27,32,33). The lowest BCUT2D eigenvalue weighted by Gasteiger charge is -2.16. The number of pyridine rings is 1. The molecule has 5 aromatic heterocycles. The molecule has 5 aromatic rings. The molecule has 12 heteroatoms. The van der Waals surface area contributed by atoms with Gasteiger partial charge in [0.15, 0.2) is 17.1 Å². The normalized spacial score (nSPS) is 14.2. The Kier molecular flexibility index (Phi) is 5.21. The molecule has 0 aliphatic carbocycles. The van der Waals surface area contributed by atoms with E-state index in [1.807, 2.05) is 23.6 Å². The average molecular weight is 476 g/mol. The van der Waals surface area contributed by atoms with Gasteiger partial charge in [0.2, 0.25) is 0 Å². The molecular weight excluding hydrogens is 454 g/mol. The maximum Gasteiger partial charge on any atom is 0.333 e. The number of alkyl halides is 2. The Balaban J connectivity index is 1.41. The van der Waals surface area contributed by atoms with Crippen LogP contribution in [-0.4, -0.2) is 52.2 Å². The monoisotopic (exact) mass is 476 g/mol. The van der Waals surface area contributed by atoms with Crippen molar-refractivity contribution in [2.24, 2.45) is 0 Å². The van der Waals surface area contributed by atoms with Gasteiger partial charge in [0, 0.05) is 30.7 Å². The maximum atomic E-state index is 13.1. The zero-order chi connectivity index (χ0) is 23.9. The number of H-pyrrole nitrogens is 1. The van der Waals surface area contributed by atoms with Crippen LogP contribution in [0.1, 0.15) is 30.1 Å². The fourth-order valence-electron chi connectivity index (χ4n) is 4.24. The number of nitrogens with zero attached hydrogens (tertiary/aromatic N) is 7. The first-order valence-electron chi connectivity index (χ1n) is 11.2. The minimum Gasteiger partial charge on any atom is -0.360 e. The summed E-state index contributed by atoms with van der Waals surface area (Å²) < 4.78 is 28.7. The number of halogens is 2. The van der Waals surface area contributed by atoms with Crippen molar-refractivity contribution in [1.29, 1.82) is 0 Å². The molecule has 6 heterocycles. The number of fused-ring (bicyclic) bond motifs is 2. The van der Waals surface area contributed by atoms with E-state index in [9.17, 15) is 8.78 Å². The predicted molar refractivity (Wildman–Crippen MR) is 127 cm³/mol. The number of imidazole rings is 2. The van der Waals surface area contributed by atoms with Gasteiger partial charge in [-0.3, -0.25) is 4.40 Å². The molecule has 0 atom stereocenters. The minimum atomic E-state index is -2.71. The molecule has 0 aromatic carbocycles. The third kappa shape index (κ3) is 3.91. The Morgan fingerprint density at radius 1 is 1.17 bits per heavy atom. The second-order valence-electron chi connectivity index (χ2n) is 8.35. The first-order valence-corrected chi connectivity index (χ1v) is 11.2. The van der Waals surface area contributed by atoms with Crippen LogP contribution in [0.15, 0.2) is 43.1 Å². The molecule has 3 N–H and O–H groups in total. The van der Waals surface area contributed by atoms with Crippen molar-refractivity contribution >= 4 is 28.2 Å². The van der Waals surface area contributed by atoms with Gasteiger partial charge in [-0.25, -0.2) is 24.6 Å². The number of aromatic nitrogens is 8. The van der Waals surface area contributed by atoms with Gasteiger partial charge in [0.05, 0.1) is 35.8 Å². The van der Waals surface area contributed by atoms with E-state index in [4.69, 9.17) is 4.98 Å². The Morgan fingerprint density at radius 2 is 2.09 bits per heavy atom. The molecule has 1 aliphatic rings. The number of rotatable bonds is 6. The highest BCUT2D eigenvalue weighted by Crippen LogP contribution is 2.28. The second kappa shape index (κ2) is 8.55. The number of hydrogen-bond acceptors (Lipinski definition) is 7. The topological polar surface area (TPSA) is 114 Å². The summed E-state index contributed by atoms with van der Waals surface area (Å²) >= 11 is 0. The predicted octanol–water partition coefficient (Wildman–Crippen LogP) is 3.56. The Morgan fingerprint density at radius 3 is 2.86 bits per heavy atom. The van der Waals surface area contributed by atoms with E-state index < -0.39 is 6.55 Å². The van der Waals surface area contributed by atoms with Crippen LogP contribution in [0.25, 0.3) is 33.6 Å². The lowest BCUT2D eigenvalue weighted by atomic mass is 10.1. The molecule has 0 fully saturated rings. The van der Waals surface area contributed by atoms with E-state index in [0.717, 1.165) is 47.7 Å². The third-order valence-corrected chi connectivity index (χ3v) is 6.06. The van der Waals surface area contributed by atoms with E-state index in [2.05, 4.69) is 41.7 Å². The SMILES string of the molecule is Cc1ccnc2nc(CNc3nc(C4=CCNCC4)cn4c(-c5cnn(C(F)F)c5)cnc34)[nH]c12. The Hall–Kier alpha value is -4.19. The number of nitrogens with one attached hydrogen (secondary N) is 3. The van der Waals surface area contributed by atoms with Crippen molar-refractivity contribution < 1.29 is 8.78 Å². The summed E-state index contributed by atoms with van der Waals surface area (Å²) in [6.07, 6.45) is 10.9. The summed E-state index contributed by atoms with van der Waals surface area (Å²) in [5.41, 5.74) is 6.30. The zero-order valence-corrected chi connectivity index (χ0v) is 18.8. The molecule has 0 radical (unpaired) electrons. The fourth-order valence-corrected chi connectivity index (χ4v) is 4.24. The molecule has 0 saturated carbocycles. The molecule has 1 aliphatic heterocycles. The number of hydrogen-bond donors (Lipinski definition) is 3. The molecule has 0 amide bonds. The lowest BCUT2D eigenvalue weighted by Crippen LogP contribution is -2.20. The van der Waals surface area contributed by atoms with Crippen LogP contribution in [0, 0.1) is 6.92 Å². The van der Waals surface area contributed by atoms with Crippen molar-refractivity contribution in [2.45, 2.75) is 26.4 Å². The third-order valence-electron chi connectivity index (χ3n) is 6.06. The highest BCUT2D eigenvalue weighted by molar-refractivity contribution is 5.75. The highest BCUT2D eigenvalue weighted by Gasteiger charge is 2.18. The minimum absolute atomic E-state index is 0.383. The van der Waals surface area contributed by atoms with Gasteiger partial charge in [-0.2, -0.15) is 13.9 Å². The highest BCUT2D eigenvalue weighted by atomic mass is 19.3. The van der Waals surface area contributed by atoms with Crippen LogP contribution in [0.2, 0.25) is 0 Å². The molecule has 178 valence electrons. The van der Waals surface area contributed by atoms with Crippen molar-refractivity contribution in [3.8, 4) is 11.3 Å². The summed E-state index contributed by atoms with van der Waals surface area (Å²) in [5.74, 6) is 1.29. The average Bonchev–Trinajstić information content (AvgIpc) is 3.61. The smallest absolute Gasteiger partial charge is 0.333 e. The van der Waals surface area contributed by atoms with E-state index in [-0.39, 0.29) is 0 Å². The summed E-state index contributed by atoms with van der Waals surface area (Å²) in [6.45, 7) is 1.30. The van der Waals surface area contributed by atoms with E-state index in [1.54, 1.807) is 12.4 Å². The van der Waals surface area contributed by atoms with Gasteiger partial charge in [-0.1, -0.05) is 6.08 Å². The molecule has 0 spiro atoms. The Labute approximate surface area is 198 Å². The largest absolute Gasteiger partial charge is 0.360 e. The van der Waals surface area contributed by atoms with Gasteiger partial charge < -0.3 is 15.6 Å². The van der Waals surface area contributed by atoms with E-state index in [0.29, 0.717) is 39.6 Å². The van der Waals surface area contributed by atoms with Crippen LogP contribution in [0.5, 0.6) is 0 Å². The van der Waals surface area contributed by atoms with Gasteiger partial charge >= 0.3 is 6.55 Å². The number of aromatic amines is 1. The molecule has 0 bridgehead atoms. The maximum absolute atomic E-state index is 13.1. The number of aryl methyl sites for hydroxylation is 1. The molecule has 6 rings (SSSR count). The molecular formula is C23H22F2N10. The van der Waals surface area contributed by atoms with Crippen LogP contribution in [0.3, 0.4) is 0 Å². The summed E-state index contributed by atoms with van der Waals surface area (Å²) in [4.78, 5) is 21.6. The van der Waals surface area contributed by atoms with Crippen LogP contribution < -0.4 is 10.6 Å². The van der Waals surface area contributed by atoms with E-state index in [1.165, 1.54) is 12.4 Å². The van der Waals surface area contributed by atoms with Gasteiger partial charge in [0.25, 0.3) is 0 Å². The van der Waals surface area contributed by atoms with Gasteiger partial charge in [-0.15, -0.1) is 0 Å². The lowest BCUT2D eigenvalue weighted by molar-refractivity contribution is 0.0566. The van der Waals surface area contributed by atoms with Crippen molar-refractivity contribution in [2.75, 3.05) is 18.4 Å². The molecule has 0 unspecified atom stereocenters. The van der Waals surface area contributed by atoms with Crippen molar-refractivity contribution in [3.05, 3.63) is 60.2 Å². The first-order chi connectivity index (χ1) is 17.1. The van der Waals surface area contributed by atoms with Crippen molar-refractivity contribution in [3.63, 3.8) is 0 Å². The van der Waals surface area contributed by atoms with Crippen molar-refractivity contribution in [1.82, 2.24) is 44.4 Å². The molecule has 10 nitrogen and oxygen atoms in total. The van der Waals surface area contributed by atoms with Crippen LogP contribution >= 0.6 is 0 Å². The summed E-state index contributed by atoms with van der Waals surface area (Å²) in [6, 6.07) is 1.93. The first kappa shape index (κ1) is 21.4.